The third kappa shape index (κ3) is 3.89. The number of rotatable bonds is 4. The van der Waals surface area contributed by atoms with Crippen molar-refractivity contribution in [2.75, 3.05) is 13.2 Å². The van der Waals surface area contributed by atoms with Gasteiger partial charge in [-0.1, -0.05) is 80.6 Å². The van der Waals surface area contributed by atoms with Gasteiger partial charge < -0.3 is 9.84 Å². The van der Waals surface area contributed by atoms with E-state index in [1.165, 1.54) is 48.1 Å². The van der Waals surface area contributed by atoms with Gasteiger partial charge in [-0.15, -0.1) is 0 Å². The number of carbonyl (C=O) groups is 2. The summed E-state index contributed by atoms with van der Waals surface area (Å²) >= 11 is 0. The van der Waals surface area contributed by atoms with E-state index in [1.807, 2.05) is 24.3 Å². The number of ether oxygens (including phenoxy) is 1. The van der Waals surface area contributed by atoms with Crippen molar-refractivity contribution in [3.8, 4) is 11.1 Å². The maximum absolute atomic E-state index is 13.2. The Morgan fingerprint density at radius 1 is 0.844 bits per heavy atom. The predicted octanol–water partition coefficient (Wildman–Crippen LogP) is 5.68. The summed E-state index contributed by atoms with van der Waals surface area (Å²) in [5.74, 6) is 0.0305. The minimum atomic E-state index is -0.930. The maximum Gasteiger partial charge on any atom is 0.410 e. The highest BCUT2D eigenvalue weighted by atomic mass is 16.6. The first-order valence-electron chi connectivity index (χ1n) is 12.0. The topological polar surface area (TPSA) is 66.8 Å². The molecule has 5 nitrogen and oxygen atoms in total. The zero-order chi connectivity index (χ0) is 22.1. The van der Waals surface area contributed by atoms with Crippen LogP contribution in [-0.4, -0.2) is 41.3 Å². The molecule has 1 N–H and O–H groups in total. The average Bonchev–Trinajstić information content (AvgIpc) is 3.16. The summed E-state index contributed by atoms with van der Waals surface area (Å²) in [6.45, 7) is 0.724. The second kappa shape index (κ2) is 8.97. The smallest absolute Gasteiger partial charge is 0.410 e. The molecule has 32 heavy (non-hydrogen) atoms. The lowest BCUT2D eigenvalue weighted by atomic mass is 9.75. The molecule has 2 unspecified atom stereocenters. The number of amides is 1. The van der Waals surface area contributed by atoms with E-state index in [-0.39, 0.29) is 12.5 Å². The fraction of sp³-hybridized carbons (Fsp3) is 0.481. The van der Waals surface area contributed by atoms with Crippen LogP contribution in [0.3, 0.4) is 0 Å². The number of hydrogen-bond acceptors (Lipinski definition) is 3. The molecule has 2 aliphatic carbocycles. The van der Waals surface area contributed by atoms with Crippen LogP contribution < -0.4 is 0 Å². The van der Waals surface area contributed by atoms with Crippen LogP contribution in [0.1, 0.15) is 62.0 Å². The van der Waals surface area contributed by atoms with E-state index in [0.29, 0.717) is 24.8 Å². The number of aliphatic carboxylic acids is 1. The molecule has 0 aromatic heterocycles. The van der Waals surface area contributed by atoms with Crippen molar-refractivity contribution in [2.45, 2.75) is 56.9 Å². The highest BCUT2D eigenvalue weighted by molar-refractivity contribution is 5.81. The molecule has 1 saturated carbocycles. The van der Waals surface area contributed by atoms with Crippen molar-refractivity contribution >= 4 is 12.1 Å². The highest BCUT2D eigenvalue weighted by Gasteiger charge is 2.40. The molecule has 2 aromatic rings. The van der Waals surface area contributed by atoms with Gasteiger partial charge in [-0.05, 0) is 46.9 Å². The molecular weight excluding hydrogens is 402 g/mol. The van der Waals surface area contributed by atoms with Crippen LogP contribution in [0.25, 0.3) is 11.1 Å². The first-order chi connectivity index (χ1) is 15.6. The van der Waals surface area contributed by atoms with Gasteiger partial charge in [-0.2, -0.15) is 0 Å². The van der Waals surface area contributed by atoms with Gasteiger partial charge in [-0.25, -0.2) is 9.59 Å². The van der Waals surface area contributed by atoms with Crippen LogP contribution in [0.4, 0.5) is 4.79 Å². The fourth-order valence-corrected chi connectivity index (χ4v) is 6.12. The number of piperidine rings is 1. The quantitative estimate of drug-likeness (QED) is 0.673. The SMILES string of the molecule is O=C(O)C1CCC(C2CCCCC2)CN1C(=O)OCC1c2ccccc2-c2ccccc21. The van der Waals surface area contributed by atoms with E-state index in [1.54, 1.807) is 0 Å². The van der Waals surface area contributed by atoms with E-state index in [2.05, 4.69) is 24.3 Å². The molecule has 0 spiro atoms. The highest BCUT2D eigenvalue weighted by Crippen LogP contribution is 2.44. The number of carboxylic acid groups (broad SMARTS) is 1. The van der Waals surface area contributed by atoms with Crippen molar-refractivity contribution < 1.29 is 19.4 Å². The molecule has 1 amide bonds. The van der Waals surface area contributed by atoms with E-state index >= 15 is 0 Å². The lowest BCUT2D eigenvalue weighted by Crippen LogP contribution is -2.52. The molecule has 2 atom stereocenters. The van der Waals surface area contributed by atoms with Crippen LogP contribution in [0.2, 0.25) is 0 Å². The number of carbonyl (C=O) groups excluding carboxylic acids is 1. The number of fused-ring (bicyclic) bond motifs is 3. The van der Waals surface area contributed by atoms with Crippen molar-refractivity contribution in [3.63, 3.8) is 0 Å². The molecule has 5 rings (SSSR count). The fourth-order valence-electron chi connectivity index (χ4n) is 6.12. The Labute approximate surface area is 189 Å². The number of carboxylic acids is 1. The van der Waals surface area contributed by atoms with Crippen LogP contribution in [0, 0.1) is 11.8 Å². The molecule has 168 valence electrons. The summed E-state index contributed by atoms with van der Waals surface area (Å²) in [5.41, 5.74) is 4.69. The Morgan fingerprint density at radius 3 is 2.09 bits per heavy atom. The van der Waals surface area contributed by atoms with Crippen LogP contribution in [0.15, 0.2) is 48.5 Å². The number of benzene rings is 2. The van der Waals surface area contributed by atoms with E-state index in [9.17, 15) is 14.7 Å². The largest absolute Gasteiger partial charge is 0.480 e. The van der Waals surface area contributed by atoms with Crippen LogP contribution in [0.5, 0.6) is 0 Å². The summed E-state index contributed by atoms with van der Waals surface area (Å²) in [4.78, 5) is 26.6. The molecule has 0 bridgehead atoms. The lowest BCUT2D eigenvalue weighted by molar-refractivity contribution is -0.144. The molecular formula is C27H31NO4. The Kier molecular flexibility index (Phi) is 5.90. The van der Waals surface area contributed by atoms with Crippen LogP contribution in [-0.2, 0) is 9.53 Å². The first kappa shape index (κ1) is 21.0. The normalized spacial score (nSPS) is 23.4. The summed E-state index contributed by atoms with van der Waals surface area (Å²) in [6.07, 6.45) is 7.08. The van der Waals surface area contributed by atoms with Gasteiger partial charge in [0.1, 0.15) is 12.6 Å². The zero-order valence-electron chi connectivity index (χ0n) is 18.4. The summed E-state index contributed by atoms with van der Waals surface area (Å²) < 4.78 is 5.82. The molecule has 2 fully saturated rings. The Morgan fingerprint density at radius 2 is 1.47 bits per heavy atom. The van der Waals surface area contributed by atoms with Gasteiger partial charge in [0.05, 0.1) is 0 Å². The molecule has 2 aromatic carbocycles. The third-order valence-corrected chi connectivity index (χ3v) is 7.79. The van der Waals surface area contributed by atoms with E-state index < -0.39 is 18.1 Å². The maximum atomic E-state index is 13.2. The molecule has 3 aliphatic rings. The van der Waals surface area contributed by atoms with Crippen molar-refractivity contribution in [3.05, 3.63) is 59.7 Å². The number of likely N-dealkylation sites (tertiary alicyclic amines) is 1. The van der Waals surface area contributed by atoms with Gasteiger partial charge in [0.15, 0.2) is 0 Å². The average molecular weight is 434 g/mol. The van der Waals surface area contributed by atoms with Crippen molar-refractivity contribution in [2.24, 2.45) is 11.8 Å². The summed E-state index contributed by atoms with van der Waals surface area (Å²) in [5, 5.41) is 9.74. The second-order valence-electron chi connectivity index (χ2n) is 9.55. The van der Waals surface area contributed by atoms with Crippen LogP contribution >= 0.6 is 0 Å². The summed E-state index contributed by atoms with van der Waals surface area (Å²) in [6, 6.07) is 15.7. The molecule has 0 radical (unpaired) electrons. The van der Waals surface area contributed by atoms with E-state index in [4.69, 9.17) is 4.74 Å². The minimum Gasteiger partial charge on any atom is -0.480 e. The Bertz CT molecular complexity index is 951. The molecule has 1 aliphatic heterocycles. The first-order valence-corrected chi connectivity index (χ1v) is 12.0. The lowest BCUT2D eigenvalue weighted by Gasteiger charge is -2.41. The van der Waals surface area contributed by atoms with Gasteiger partial charge in [0.2, 0.25) is 0 Å². The van der Waals surface area contributed by atoms with E-state index in [0.717, 1.165) is 17.5 Å². The van der Waals surface area contributed by atoms with Gasteiger partial charge >= 0.3 is 12.1 Å². The standard InChI is InChI=1S/C27H31NO4/c29-26(30)25-15-14-19(18-8-2-1-3-9-18)16-28(25)27(31)32-17-24-22-12-6-4-10-20(22)21-11-5-7-13-23(21)24/h4-7,10-13,18-19,24-25H,1-3,8-9,14-17H2,(H,29,30). The number of nitrogens with zero attached hydrogens (tertiary/aromatic N) is 1. The van der Waals surface area contributed by atoms with Gasteiger partial charge in [0.25, 0.3) is 0 Å². The molecule has 1 saturated heterocycles. The minimum absolute atomic E-state index is 0.0199. The Hall–Kier alpha value is -2.82. The monoisotopic (exact) mass is 433 g/mol. The number of hydrogen-bond donors (Lipinski definition) is 1. The Balaban J connectivity index is 1.31. The summed E-state index contributed by atoms with van der Waals surface area (Å²) in [7, 11) is 0. The van der Waals surface area contributed by atoms with Gasteiger partial charge in [0, 0.05) is 12.5 Å². The van der Waals surface area contributed by atoms with Gasteiger partial charge in [-0.3, -0.25) is 4.90 Å². The zero-order valence-corrected chi connectivity index (χ0v) is 18.4. The predicted molar refractivity (Wildman–Crippen MR) is 122 cm³/mol. The second-order valence-corrected chi connectivity index (χ2v) is 9.55. The molecule has 5 heteroatoms. The van der Waals surface area contributed by atoms with Crippen molar-refractivity contribution in [1.82, 2.24) is 4.90 Å². The van der Waals surface area contributed by atoms with Crippen molar-refractivity contribution in [1.29, 1.82) is 0 Å². The third-order valence-electron chi connectivity index (χ3n) is 7.79. The molecule has 1 heterocycles.